The van der Waals surface area contributed by atoms with Crippen LogP contribution in [0.4, 0.5) is 0 Å². The predicted molar refractivity (Wildman–Crippen MR) is 106 cm³/mol. The highest BCUT2D eigenvalue weighted by atomic mass is 16.6. The van der Waals surface area contributed by atoms with Crippen molar-refractivity contribution in [1.29, 1.82) is 0 Å². The van der Waals surface area contributed by atoms with Crippen molar-refractivity contribution in [3.8, 4) is 0 Å². The summed E-state index contributed by atoms with van der Waals surface area (Å²) < 4.78 is 5.53. The SMILES string of the molecule is CC(C)C1CCC2C(CCC3C(C)(C(=O)OC(CO)CO)CCCC23C)C1. The highest BCUT2D eigenvalue weighted by molar-refractivity contribution is 5.77. The number of rotatable bonds is 5. The van der Waals surface area contributed by atoms with Crippen LogP contribution < -0.4 is 0 Å². The van der Waals surface area contributed by atoms with Gasteiger partial charge in [-0.2, -0.15) is 0 Å². The van der Waals surface area contributed by atoms with Crippen LogP contribution in [-0.4, -0.2) is 35.5 Å². The van der Waals surface area contributed by atoms with Gasteiger partial charge in [0.1, 0.15) is 6.10 Å². The third-order valence-corrected chi connectivity index (χ3v) is 8.76. The van der Waals surface area contributed by atoms with Crippen LogP contribution in [0.5, 0.6) is 0 Å². The topological polar surface area (TPSA) is 66.8 Å². The molecular formula is C23H40O4. The van der Waals surface area contributed by atoms with Crippen molar-refractivity contribution in [2.24, 2.45) is 40.4 Å². The van der Waals surface area contributed by atoms with Crippen LogP contribution in [-0.2, 0) is 9.53 Å². The summed E-state index contributed by atoms with van der Waals surface area (Å²) in [6, 6.07) is 0. The summed E-state index contributed by atoms with van der Waals surface area (Å²) in [6.07, 6.45) is 8.71. The normalized spacial score (nSPS) is 41.9. The van der Waals surface area contributed by atoms with Crippen LogP contribution in [0.25, 0.3) is 0 Å². The van der Waals surface area contributed by atoms with Gasteiger partial charge in [0.25, 0.3) is 0 Å². The van der Waals surface area contributed by atoms with E-state index in [1.165, 1.54) is 32.1 Å². The van der Waals surface area contributed by atoms with E-state index < -0.39 is 11.5 Å². The largest absolute Gasteiger partial charge is 0.457 e. The number of fused-ring (bicyclic) bond motifs is 3. The van der Waals surface area contributed by atoms with Crippen molar-refractivity contribution < 1.29 is 19.7 Å². The van der Waals surface area contributed by atoms with Crippen molar-refractivity contribution in [3.05, 3.63) is 0 Å². The summed E-state index contributed by atoms with van der Waals surface area (Å²) in [4.78, 5) is 13.1. The van der Waals surface area contributed by atoms with Gasteiger partial charge < -0.3 is 14.9 Å². The summed E-state index contributed by atoms with van der Waals surface area (Å²) in [5.41, 5.74) is -0.278. The third kappa shape index (κ3) is 3.69. The summed E-state index contributed by atoms with van der Waals surface area (Å²) >= 11 is 0. The number of carbonyl (C=O) groups is 1. The molecule has 3 aliphatic rings. The molecule has 3 saturated carbocycles. The number of aliphatic hydroxyl groups is 2. The number of aliphatic hydroxyl groups excluding tert-OH is 2. The van der Waals surface area contributed by atoms with Crippen LogP contribution in [0.15, 0.2) is 0 Å². The van der Waals surface area contributed by atoms with Crippen LogP contribution in [0, 0.1) is 40.4 Å². The van der Waals surface area contributed by atoms with Gasteiger partial charge in [-0.25, -0.2) is 0 Å². The molecule has 6 atom stereocenters. The Bertz CT molecular complexity index is 528. The lowest BCUT2D eigenvalue weighted by Crippen LogP contribution is -2.56. The Morgan fingerprint density at radius 1 is 1.07 bits per heavy atom. The monoisotopic (exact) mass is 380 g/mol. The zero-order valence-electron chi connectivity index (χ0n) is 17.7. The standard InChI is InChI=1S/C23H40O4/c1-15(2)16-6-8-19-17(12-16)7-9-20-22(19,3)10-5-11-23(20,4)21(26)27-18(13-24)14-25/h15-20,24-25H,5-14H2,1-4H3. The van der Waals surface area contributed by atoms with Crippen LogP contribution in [0.2, 0.25) is 0 Å². The van der Waals surface area contributed by atoms with Crippen molar-refractivity contribution in [2.45, 2.75) is 85.2 Å². The average molecular weight is 381 g/mol. The van der Waals surface area contributed by atoms with E-state index in [4.69, 9.17) is 4.74 Å². The molecule has 0 amide bonds. The lowest BCUT2D eigenvalue weighted by Gasteiger charge is -2.61. The van der Waals surface area contributed by atoms with E-state index in [9.17, 15) is 15.0 Å². The molecule has 27 heavy (non-hydrogen) atoms. The number of ether oxygens (including phenoxy) is 1. The number of esters is 1. The fraction of sp³-hybridized carbons (Fsp3) is 0.957. The Kier molecular flexibility index (Phi) is 6.27. The first-order valence-corrected chi connectivity index (χ1v) is 11.2. The Balaban J connectivity index is 1.80. The minimum atomic E-state index is -0.791. The maximum Gasteiger partial charge on any atom is 0.312 e. The molecule has 6 unspecified atom stereocenters. The van der Waals surface area contributed by atoms with Gasteiger partial charge in [0, 0.05) is 0 Å². The Morgan fingerprint density at radius 3 is 2.41 bits per heavy atom. The minimum Gasteiger partial charge on any atom is -0.457 e. The van der Waals surface area contributed by atoms with Crippen molar-refractivity contribution in [2.75, 3.05) is 13.2 Å². The second-order valence-corrected chi connectivity index (χ2v) is 10.5. The number of hydrogen-bond acceptors (Lipinski definition) is 4. The molecule has 4 heteroatoms. The minimum absolute atomic E-state index is 0.208. The lowest BCUT2D eigenvalue weighted by molar-refractivity contribution is -0.187. The predicted octanol–water partition coefficient (Wildman–Crippen LogP) is 4.18. The smallest absolute Gasteiger partial charge is 0.312 e. The fourth-order valence-corrected chi connectivity index (χ4v) is 7.14. The molecule has 4 nitrogen and oxygen atoms in total. The number of carbonyl (C=O) groups excluding carboxylic acids is 1. The van der Waals surface area contributed by atoms with Gasteiger partial charge in [-0.1, -0.05) is 27.2 Å². The van der Waals surface area contributed by atoms with Gasteiger partial charge in [-0.15, -0.1) is 0 Å². The van der Waals surface area contributed by atoms with Crippen LogP contribution in [0.1, 0.15) is 79.1 Å². The van der Waals surface area contributed by atoms with Gasteiger partial charge in [0.05, 0.1) is 18.6 Å². The Morgan fingerprint density at radius 2 is 1.78 bits per heavy atom. The summed E-state index contributed by atoms with van der Waals surface area (Å²) in [5.74, 6) is 3.32. The molecule has 0 bridgehead atoms. The Labute approximate surface area is 165 Å². The Hall–Kier alpha value is -0.610. The van der Waals surface area contributed by atoms with Crippen LogP contribution >= 0.6 is 0 Å². The van der Waals surface area contributed by atoms with E-state index in [1.807, 2.05) is 0 Å². The average Bonchev–Trinajstić information content (AvgIpc) is 2.65. The molecule has 0 saturated heterocycles. The maximum atomic E-state index is 13.1. The number of hydrogen-bond donors (Lipinski definition) is 2. The second kappa shape index (κ2) is 8.02. The van der Waals surface area contributed by atoms with E-state index >= 15 is 0 Å². The summed E-state index contributed by atoms with van der Waals surface area (Å²) in [6.45, 7) is 8.63. The molecule has 0 aromatic heterocycles. The van der Waals surface area contributed by atoms with E-state index in [-0.39, 0.29) is 24.6 Å². The zero-order valence-corrected chi connectivity index (χ0v) is 17.7. The van der Waals surface area contributed by atoms with E-state index in [0.717, 1.165) is 42.9 Å². The van der Waals surface area contributed by atoms with Gasteiger partial charge in [-0.3, -0.25) is 4.79 Å². The second-order valence-electron chi connectivity index (χ2n) is 10.5. The van der Waals surface area contributed by atoms with Gasteiger partial charge in [0.15, 0.2) is 0 Å². The molecule has 0 aromatic rings. The summed E-state index contributed by atoms with van der Waals surface area (Å²) in [7, 11) is 0. The molecule has 0 heterocycles. The van der Waals surface area contributed by atoms with E-state index in [2.05, 4.69) is 27.7 Å². The quantitative estimate of drug-likeness (QED) is 0.702. The van der Waals surface area contributed by atoms with Crippen molar-refractivity contribution in [3.63, 3.8) is 0 Å². The molecule has 0 aliphatic heterocycles. The van der Waals surface area contributed by atoms with Crippen LogP contribution in [0.3, 0.4) is 0 Å². The first-order chi connectivity index (χ1) is 12.8. The lowest BCUT2D eigenvalue weighted by atomic mass is 9.43. The summed E-state index contributed by atoms with van der Waals surface area (Å²) in [5, 5.41) is 18.7. The van der Waals surface area contributed by atoms with Gasteiger partial charge >= 0.3 is 5.97 Å². The first kappa shape index (κ1) is 21.1. The highest BCUT2D eigenvalue weighted by Gasteiger charge is 2.59. The van der Waals surface area contributed by atoms with Crippen molar-refractivity contribution in [1.82, 2.24) is 0 Å². The molecule has 3 fully saturated rings. The molecule has 156 valence electrons. The molecule has 0 aromatic carbocycles. The maximum absolute atomic E-state index is 13.1. The van der Waals surface area contributed by atoms with Gasteiger partial charge in [-0.05, 0) is 86.9 Å². The zero-order chi connectivity index (χ0) is 19.8. The van der Waals surface area contributed by atoms with Gasteiger partial charge in [0.2, 0.25) is 0 Å². The molecule has 3 aliphatic carbocycles. The van der Waals surface area contributed by atoms with Crippen molar-refractivity contribution >= 4 is 5.97 Å². The highest BCUT2D eigenvalue weighted by Crippen LogP contribution is 2.64. The third-order valence-electron chi connectivity index (χ3n) is 8.76. The molecule has 0 spiro atoms. The van der Waals surface area contributed by atoms with E-state index in [0.29, 0.717) is 5.92 Å². The molecule has 0 radical (unpaired) electrons. The molecular weight excluding hydrogens is 340 g/mol. The first-order valence-electron chi connectivity index (χ1n) is 11.2. The molecule has 3 rings (SSSR count). The fourth-order valence-electron chi connectivity index (χ4n) is 7.14. The van der Waals surface area contributed by atoms with E-state index in [1.54, 1.807) is 0 Å². The molecule has 2 N–H and O–H groups in total.